The van der Waals surface area contributed by atoms with Gasteiger partial charge in [-0.25, -0.2) is 0 Å². The van der Waals surface area contributed by atoms with Crippen molar-refractivity contribution in [3.8, 4) is 5.75 Å². The number of hydrogen-bond donors (Lipinski definition) is 2. The summed E-state index contributed by atoms with van der Waals surface area (Å²) in [6.07, 6.45) is 1.58. The molecule has 1 amide bonds. The van der Waals surface area contributed by atoms with Gasteiger partial charge in [0, 0.05) is 18.2 Å². The van der Waals surface area contributed by atoms with Crippen LogP contribution in [0.2, 0.25) is 5.02 Å². The molecule has 0 radical (unpaired) electrons. The molecule has 104 valence electrons. The van der Waals surface area contributed by atoms with E-state index in [0.717, 1.165) is 18.4 Å². The second-order valence-corrected chi connectivity index (χ2v) is 5.21. The maximum absolute atomic E-state index is 11.9. The molecule has 1 aliphatic rings. The highest BCUT2D eigenvalue weighted by molar-refractivity contribution is 6.32. The van der Waals surface area contributed by atoms with Crippen molar-refractivity contribution in [3.63, 3.8) is 0 Å². The molecule has 0 saturated heterocycles. The Morgan fingerprint density at radius 3 is 2.89 bits per heavy atom. The standard InChI is InChI=1S/C14H19ClN2O2/c1-9(14(18)17-11-6-7-11)19-13-10(8-16-2)4-3-5-12(13)15/h3-5,9,11,16H,6-8H2,1-2H3,(H,17,18). The van der Waals surface area contributed by atoms with Crippen LogP contribution in [0.3, 0.4) is 0 Å². The van der Waals surface area contributed by atoms with E-state index in [4.69, 9.17) is 16.3 Å². The van der Waals surface area contributed by atoms with Crippen LogP contribution in [0.5, 0.6) is 5.75 Å². The number of para-hydroxylation sites is 1. The van der Waals surface area contributed by atoms with Crippen LogP contribution in [0.4, 0.5) is 0 Å². The molecule has 0 aliphatic heterocycles. The quantitative estimate of drug-likeness (QED) is 0.840. The number of carbonyl (C=O) groups excluding carboxylic acids is 1. The second kappa shape index (κ2) is 6.26. The molecule has 0 aromatic heterocycles. The Hall–Kier alpha value is -1.26. The van der Waals surface area contributed by atoms with Crippen LogP contribution >= 0.6 is 11.6 Å². The Kier molecular flexibility index (Phi) is 4.66. The third kappa shape index (κ3) is 3.85. The normalized spacial score (nSPS) is 15.9. The van der Waals surface area contributed by atoms with E-state index in [9.17, 15) is 4.79 Å². The van der Waals surface area contributed by atoms with Crippen molar-refractivity contribution >= 4 is 17.5 Å². The molecule has 1 atom stereocenters. The molecule has 2 rings (SSSR count). The molecule has 1 aromatic carbocycles. The molecule has 2 N–H and O–H groups in total. The molecule has 0 heterocycles. The third-order valence-corrected chi connectivity index (χ3v) is 3.30. The SMILES string of the molecule is CNCc1cccc(Cl)c1OC(C)C(=O)NC1CC1. The van der Waals surface area contributed by atoms with E-state index in [2.05, 4.69) is 10.6 Å². The summed E-state index contributed by atoms with van der Waals surface area (Å²) in [5, 5.41) is 6.51. The first-order valence-electron chi connectivity index (χ1n) is 6.51. The number of ether oxygens (including phenoxy) is 1. The molecule has 0 spiro atoms. The van der Waals surface area contributed by atoms with Gasteiger partial charge in [-0.2, -0.15) is 0 Å². The van der Waals surface area contributed by atoms with Crippen LogP contribution in [-0.2, 0) is 11.3 Å². The van der Waals surface area contributed by atoms with Crippen LogP contribution in [0.15, 0.2) is 18.2 Å². The van der Waals surface area contributed by atoms with E-state index >= 15 is 0 Å². The van der Waals surface area contributed by atoms with E-state index in [1.54, 1.807) is 13.0 Å². The molecule has 4 nitrogen and oxygen atoms in total. The van der Waals surface area contributed by atoms with Crippen LogP contribution in [0, 0.1) is 0 Å². The minimum Gasteiger partial charge on any atom is -0.479 e. The topological polar surface area (TPSA) is 50.4 Å². The molecular formula is C14H19ClN2O2. The molecule has 5 heteroatoms. The Morgan fingerprint density at radius 1 is 1.53 bits per heavy atom. The lowest BCUT2D eigenvalue weighted by Crippen LogP contribution is -2.37. The fourth-order valence-electron chi connectivity index (χ4n) is 1.79. The summed E-state index contributed by atoms with van der Waals surface area (Å²) in [5.41, 5.74) is 0.945. The van der Waals surface area contributed by atoms with Gasteiger partial charge < -0.3 is 15.4 Å². The summed E-state index contributed by atoms with van der Waals surface area (Å²) in [6, 6.07) is 5.91. The first-order valence-corrected chi connectivity index (χ1v) is 6.88. The molecule has 1 aliphatic carbocycles. The van der Waals surface area contributed by atoms with Gasteiger partial charge in [0.15, 0.2) is 6.10 Å². The van der Waals surface area contributed by atoms with Crippen molar-refractivity contribution < 1.29 is 9.53 Å². The largest absolute Gasteiger partial charge is 0.479 e. The summed E-state index contributed by atoms with van der Waals surface area (Å²) >= 11 is 6.15. The smallest absolute Gasteiger partial charge is 0.260 e. The van der Waals surface area contributed by atoms with Gasteiger partial charge in [0.1, 0.15) is 5.75 Å². The van der Waals surface area contributed by atoms with Crippen LogP contribution in [0.25, 0.3) is 0 Å². The van der Waals surface area contributed by atoms with Gasteiger partial charge in [0.05, 0.1) is 5.02 Å². The molecule has 19 heavy (non-hydrogen) atoms. The Bertz CT molecular complexity index is 461. The summed E-state index contributed by atoms with van der Waals surface area (Å²) in [7, 11) is 1.86. The predicted molar refractivity (Wildman–Crippen MR) is 75.5 cm³/mol. The maximum atomic E-state index is 11.9. The maximum Gasteiger partial charge on any atom is 0.260 e. The van der Waals surface area contributed by atoms with Crippen molar-refractivity contribution in [3.05, 3.63) is 28.8 Å². The molecule has 1 fully saturated rings. The van der Waals surface area contributed by atoms with Crippen molar-refractivity contribution in [2.24, 2.45) is 0 Å². The molecule has 1 aromatic rings. The highest BCUT2D eigenvalue weighted by atomic mass is 35.5. The van der Waals surface area contributed by atoms with Crippen molar-refractivity contribution in [2.75, 3.05) is 7.05 Å². The Balaban J connectivity index is 2.05. The lowest BCUT2D eigenvalue weighted by Gasteiger charge is -2.18. The van der Waals surface area contributed by atoms with Gasteiger partial charge in [-0.05, 0) is 32.9 Å². The minimum absolute atomic E-state index is 0.0853. The first kappa shape index (κ1) is 14.2. The number of nitrogens with one attached hydrogen (secondary N) is 2. The van der Waals surface area contributed by atoms with Crippen LogP contribution < -0.4 is 15.4 Å². The first-order chi connectivity index (χ1) is 9.11. The lowest BCUT2D eigenvalue weighted by atomic mass is 10.2. The molecule has 1 saturated carbocycles. The number of rotatable bonds is 6. The minimum atomic E-state index is -0.545. The summed E-state index contributed by atoms with van der Waals surface area (Å²) in [5.74, 6) is 0.495. The van der Waals surface area contributed by atoms with Crippen LogP contribution in [-0.4, -0.2) is 25.1 Å². The fourth-order valence-corrected chi connectivity index (χ4v) is 2.03. The van der Waals surface area contributed by atoms with E-state index in [1.807, 2.05) is 19.2 Å². The predicted octanol–water partition coefficient (Wildman–Crippen LogP) is 2.11. The number of carbonyl (C=O) groups is 1. The van der Waals surface area contributed by atoms with Crippen molar-refractivity contribution in [1.82, 2.24) is 10.6 Å². The number of amides is 1. The summed E-state index contributed by atoms with van der Waals surface area (Å²) in [6.45, 7) is 2.39. The van der Waals surface area contributed by atoms with E-state index < -0.39 is 6.10 Å². The van der Waals surface area contributed by atoms with Gasteiger partial charge in [-0.15, -0.1) is 0 Å². The van der Waals surface area contributed by atoms with Gasteiger partial charge in [-0.1, -0.05) is 23.7 Å². The highest BCUT2D eigenvalue weighted by Crippen LogP contribution is 2.29. The zero-order chi connectivity index (χ0) is 13.8. The van der Waals surface area contributed by atoms with Gasteiger partial charge in [0.25, 0.3) is 5.91 Å². The third-order valence-electron chi connectivity index (χ3n) is 3.00. The molecular weight excluding hydrogens is 264 g/mol. The van der Waals surface area contributed by atoms with Gasteiger partial charge in [-0.3, -0.25) is 4.79 Å². The number of hydrogen-bond acceptors (Lipinski definition) is 3. The number of halogens is 1. The van der Waals surface area contributed by atoms with E-state index in [-0.39, 0.29) is 5.91 Å². The van der Waals surface area contributed by atoms with Crippen LogP contribution in [0.1, 0.15) is 25.3 Å². The fraction of sp³-hybridized carbons (Fsp3) is 0.500. The summed E-state index contributed by atoms with van der Waals surface area (Å²) < 4.78 is 5.74. The van der Waals surface area contributed by atoms with Crippen molar-refractivity contribution in [1.29, 1.82) is 0 Å². The molecule has 0 bridgehead atoms. The lowest BCUT2D eigenvalue weighted by molar-refractivity contribution is -0.127. The zero-order valence-corrected chi connectivity index (χ0v) is 12.0. The van der Waals surface area contributed by atoms with Gasteiger partial charge in [0.2, 0.25) is 0 Å². The van der Waals surface area contributed by atoms with E-state index in [0.29, 0.717) is 23.4 Å². The Labute approximate surface area is 118 Å². The van der Waals surface area contributed by atoms with E-state index in [1.165, 1.54) is 0 Å². The van der Waals surface area contributed by atoms with Gasteiger partial charge >= 0.3 is 0 Å². The monoisotopic (exact) mass is 282 g/mol. The molecule has 1 unspecified atom stereocenters. The average molecular weight is 283 g/mol. The Morgan fingerprint density at radius 2 is 2.26 bits per heavy atom. The zero-order valence-electron chi connectivity index (χ0n) is 11.2. The van der Waals surface area contributed by atoms with Crippen molar-refractivity contribution in [2.45, 2.75) is 38.5 Å². The summed E-state index contributed by atoms with van der Waals surface area (Å²) in [4.78, 5) is 11.9. The highest BCUT2D eigenvalue weighted by Gasteiger charge is 2.27. The average Bonchev–Trinajstić information content (AvgIpc) is 3.17. The number of benzene rings is 1. The second-order valence-electron chi connectivity index (χ2n) is 4.80.